The Morgan fingerprint density at radius 2 is 2.04 bits per heavy atom. The van der Waals surface area contributed by atoms with Crippen LogP contribution in [0.25, 0.3) is 0 Å². The first-order chi connectivity index (χ1) is 13.5. The quantitative estimate of drug-likeness (QED) is 0.367. The molecule has 0 saturated carbocycles. The lowest BCUT2D eigenvalue weighted by Crippen LogP contribution is -2.23. The summed E-state index contributed by atoms with van der Waals surface area (Å²) in [5.41, 5.74) is 3.32. The van der Waals surface area contributed by atoms with Gasteiger partial charge in [-0.15, -0.1) is 0 Å². The summed E-state index contributed by atoms with van der Waals surface area (Å²) >= 11 is 3.30. The van der Waals surface area contributed by atoms with Crippen molar-refractivity contribution in [1.82, 2.24) is 15.3 Å². The third kappa shape index (κ3) is 6.78. The fourth-order valence-electron chi connectivity index (χ4n) is 2.59. The number of rotatable bonds is 8. The highest BCUT2D eigenvalue weighted by atomic mass is 79.9. The summed E-state index contributed by atoms with van der Waals surface area (Å²) in [6.07, 6.45) is 7.25. The second-order valence-electron chi connectivity index (χ2n) is 6.23. The predicted molar refractivity (Wildman–Crippen MR) is 122 cm³/mol. The molecule has 1 unspecified atom stereocenters. The Morgan fingerprint density at radius 1 is 1.29 bits per heavy atom. The lowest BCUT2D eigenvalue weighted by Gasteiger charge is -2.19. The molecule has 2 rings (SSSR count). The number of aliphatic imine (C=N–C) groups is 1. The zero-order valence-electron chi connectivity index (χ0n) is 16.5. The average molecular weight is 440 g/mol. The maximum atomic E-state index is 4.76. The summed E-state index contributed by atoms with van der Waals surface area (Å²) in [7, 11) is 3.79. The SMILES string of the molecule is C=C(Br)/C=N\N(C)C(C=C(NC)C(C)c1ccccc1)=NCc1cccnc1. The van der Waals surface area contributed by atoms with Gasteiger partial charge in [-0.25, -0.2) is 0 Å². The standard InChI is InChI=1S/C22H26BrN5/c1-17(23)14-27-28(4)22(26-16-19-9-8-12-25-15-19)13-21(24-3)18(2)20-10-6-5-7-11-20/h5-15,18,24H,1,16H2,2-4H3/b21-13?,26-22?,27-14-. The van der Waals surface area contributed by atoms with Crippen molar-refractivity contribution in [1.29, 1.82) is 0 Å². The number of amidine groups is 1. The van der Waals surface area contributed by atoms with Crippen LogP contribution in [0.4, 0.5) is 0 Å². The first-order valence-corrected chi connectivity index (χ1v) is 9.80. The molecule has 0 radical (unpaired) electrons. The number of halogens is 1. The van der Waals surface area contributed by atoms with E-state index in [1.165, 1.54) is 5.56 Å². The van der Waals surface area contributed by atoms with Gasteiger partial charge in [-0.3, -0.25) is 15.0 Å². The van der Waals surface area contributed by atoms with Crippen LogP contribution in [0.5, 0.6) is 0 Å². The second-order valence-corrected chi connectivity index (χ2v) is 7.25. The number of benzene rings is 1. The van der Waals surface area contributed by atoms with E-state index in [1.54, 1.807) is 17.4 Å². The van der Waals surface area contributed by atoms with Gasteiger partial charge in [0.2, 0.25) is 0 Å². The summed E-state index contributed by atoms with van der Waals surface area (Å²) in [6.45, 7) is 6.48. The van der Waals surface area contributed by atoms with E-state index >= 15 is 0 Å². The molecule has 28 heavy (non-hydrogen) atoms. The number of hydrogen-bond acceptors (Lipinski definition) is 4. The molecule has 0 bridgehead atoms. The highest BCUT2D eigenvalue weighted by molar-refractivity contribution is 9.12. The summed E-state index contributed by atoms with van der Waals surface area (Å²) in [5.74, 6) is 0.930. The first kappa shape index (κ1) is 21.6. The van der Waals surface area contributed by atoms with Crippen LogP contribution in [0, 0.1) is 0 Å². The Morgan fingerprint density at radius 3 is 2.64 bits per heavy atom. The number of nitrogens with zero attached hydrogens (tertiary/aromatic N) is 4. The molecule has 1 heterocycles. The van der Waals surface area contributed by atoms with Crippen molar-refractivity contribution in [3.63, 3.8) is 0 Å². The van der Waals surface area contributed by atoms with Gasteiger partial charge in [-0.05, 0) is 33.1 Å². The molecule has 0 amide bonds. The molecule has 2 aromatic rings. The minimum absolute atomic E-state index is 0.193. The topological polar surface area (TPSA) is 52.9 Å². The molecule has 1 N–H and O–H groups in total. The van der Waals surface area contributed by atoms with Crippen molar-refractivity contribution >= 4 is 28.0 Å². The van der Waals surface area contributed by atoms with Crippen molar-refractivity contribution in [3.05, 3.63) is 88.8 Å². The highest BCUT2D eigenvalue weighted by Crippen LogP contribution is 2.22. The van der Waals surface area contributed by atoms with E-state index < -0.39 is 0 Å². The van der Waals surface area contributed by atoms with E-state index in [4.69, 9.17) is 4.99 Å². The number of likely N-dealkylation sites (N-methyl/N-ethyl adjacent to an activating group) is 2. The predicted octanol–water partition coefficient (Wildman–Crippen LogP) is 4.71. The summed E-state index contributed by atoms with van der Waals surface area (Å²) < 4.78 is 0.696. The van der Waals surface area contributed by atoms with Crippen molar-refractivity contribution < 1.29 is 0 Å². The van der Waals surface area contributed by atoms with Crippen LogP contribution in [0.2, 0.25) is 0 Å². The highest BCUT2D eigenvalue weighted by Gasteiger charge is 2.12. The van der Waals surface area contributed by atoms with E-state index in [9.17, 15) is 0 Å². The van der Waals surface area contributed by atoms with E-state index in [0.29, 0.717) is 11.0 Å². The smallest absolute Gasteiger partial charge is 0.145 e. The minimum atomic E-state index is 0.193. The largest absolute Gasteiger partial charge is 0.391 e. The van der Waals surface area contributed by atoms with Gasteiger partial charge in [0.15, 0.2) is 0 Å². The number of allylic oxidation sites excluding steroid dienone is 2. The fourth-order valence-corrected chi connectivity index (χ4v) is 2.68. The van der Waals surface area contributed by atoms with Gasteiger partial charge in [0.1, 0.15) is 5.84 Å². The van der Waals surface area contributed by atoms with Crippen LogP contribution in [0.1, 0.15) is 24.0 Å². The third-order valence-corrected chi connectivity index (χ3v) is 4.39. The zero-order valence-corrected chi connectivity index (χ0v) is 18.1. The Hall–Kier alpha value is -2.73. The van der Waals surface area contributed by atoms with Gasteiger partial charge in [0.25, 0.3) is 0 Å². The second kappa shape index (κ2) is 11.2. The molecule has 1 aromatic carbocycles. The average Bonchev–Trinajstić information content (AvgIpc) is 2.73. The molecule has 1 atom stereocenters. The third-order valence-electron chi connectivity index (χ3n) is 4.19. The van der Waals surface area contributed by atoms with Gasteiger partial charge < -0.3 is 5.32 Å². The van der Waals surface area contributed by atoms with Crippen molar-refractivity contribution in [3.8, 4) is 0 Å². The lowest BCUT2D eigenvalue weighted by atomic mass is 9.97. The fraction of sp³-hybridized carbons (Fsp3) is 0.227. The number of hydrogen-bond donors (Lipinski definition) is 1. The van der Waals surface area contributed by atoms with Crippen LogP contribution < -0.4 is 5.32 Å². The molecule has 0 aliphatic rings. The molecule has 0 aliphatic heterocycles. The molecule has 0 spiro atoms. The van der Waals surface area contributed by atoms with Gasteiger partial charge in [0, 0.05) is 48.7 Å². The van der Waals surface area contributed by atoms with Crippen LogP contribution in [-0.2, 0) is 6.54 Å². The monoisotopic (exact) mass is 439 g/mol. The molecule has 0 aliphatic carbocycles. The number of aromatic nitrogens is 1. The molecule has 146 valence electrons. The molecule has 1 aromatic heterocycles. The summed E-state index contributed by atoms with van der Waals surface area (Å²) in [5, 5.41) is 9.44. The molecule has 6 heteroatoms. The Labute approximate surface area is 175 Å². The van der Waals surface area contributed by atoms with Gasteiger partial charge in [-0.2, -0.15) is 5.10 Å². The summed E-state index contributed by atoms with van der Waals surface area (Å²) in [6, 6.07) is 14.3. The summed E-state index contributed by atoms with van der Waals surface area (Å²) in [4.78, 5) is 8.92. The normalized spacial score (nSPS) is 13.4. The van der Waals surface area contributed by atoms with E-state index in [2.05, 4.69) is 69.1 Å². The Balaban J connectivity index is 2.34. The van der Waals surface area contributed by atoms with Crippen LogP contribution in [-0.4, -0.2) is 36.1 Å². The van der Waals surface area contributed by atoms with E-state index in [1.807, 2.05) is 44.6 Å². The van der Waals surface area contributed by atoms with Crippen molar-refractivity contribution in [2.24, 2.45) is 10.1 Å². The maximum Gasteiger partial charge on any atom is 0.145 e. The number of nitrogens with one attached hydrogen (secondary N) is 1. The molecular weight excluding hydrogens is 414 g/mol. The zero-order chi connectivity index (χ0) is 20.4. The Bertz CT molecular complexity index is 844. The van der Waals surface area contributed by atoms with Gasteiger partial charge in [0.05, 0.1) is 12.8 Å². The lowest BCUT2D eigenvalue weighted by molar-refractivity contribution is 0.546. The number of pyridine rings is 1. The molecule has 5 nitrogen and oxygen atoms in total. The molecule has 0 saturated heterocycles. The molecule has 0 fully saturated rings. The van der Waals surface area contributed by atoms with Crippen LogP contribution in [0.15, 0.2) is 87.8 Å². The van der Waals surface area contributed by atoms with E-state index in [-0.39, 0.29) is 5.92 Å². The maximum absolute atomic E-state index is 4.76. The first-order valence-electron chi connectivity index (χ1n) is 9.01. The molecular formula is C22H26BrN5. The van der Waals surface area contributed by atoms with Crippen molar-refractivity contribution in [2.75, 3.05) is 14.1 Å². The van der Waals surface area contributed by atoms with Crippen molar-refractivity contribution in [2.45, 2.75) is 19.4 Å². The number of hydrazone groups is 1. The van der Waals surface area contributed by atoms with E-state index in [0.717, 1.165) is 17.1 Å². The Kier molecular flexibility index (Phi) is 8.62. The van der Waals surface area contributed by atoms with Gasteiger partial charge >= 0.3 is 0 Å². The van der Waals surface area contributed by atoms with Gasteiger partial charge in [-0.1, -0.05) is 49.9 Å². The van der Waals surface area contributed by atoms with Crippen LogP contribution >= 0.6 is 15.9 Å². The minimum Gasteiger partial charge on any atom is -0.391 e. The van der Waals surface area contributed by atoms with Crippen LogP contribution in [0.3, 0.4) is 0 Å².